The molecule has 19 heavy (non-hydrogen) atoms. The summed E-state index contributed by atoms with van der Waals surface area (Å²) >= 11 is 0. The van der Waals surface area contributed by atoms with Crippen molar-refractivity contribution in [3.05, 3.63) is 23.7 Å². The Morgan fingerprint density at radius 3 is 2.95 bits per heavy atom. The summed E-state index contributed by atoms with van der Waals surface area (Å²) < 4.78 is 5.30. The Bertz CT molecular complexity index is 468. The fraction of sp³-hybridized carbons (Fsp3) is 0.667. The minimum atomic E-state index is -0.905. The molecular formula is C15H21NO3. The summed E-state index contributed by atoms with van der Waals surface area (Å²) in [6.07, 6.45) is 7.05. The van der Waals surface area contributed by atoms with Crippen LogP contribution in [0.1, 0.15) is 41.8 Å². The summed E-state index contributed by atoms with van der Waals surface area (Å²) in [5, 5.41) is 9.06. The van der Waals surface area contributed by atoms with Crippen LogP contribution < -0.4 is 0 Å². The largest absolute Gasteiger partial charge is 0.478 e. The average Bonchev–Trinajstić information content (AvgIpc) is 3.03. The van der Waals surface area contributed by atoms with Gasteiger partial charge in [-0.2, -0.15) is 0 Å². The maximum atomic E-state index is 11.0. The third-order valence-electron chi connectivity index (χ3n) is 4.82. The summed E-state index contributed by atoms with van der Waals surface area (Å²) in [4.78, 5) is 13.2. The van der Waals surface area contributed by atoms with Gasteiger partial charge in [-0.15, -0.1) is 0 Å². The molecule has 2 aliphatic carbocycles. The molecule has 2 bridgehead atoms. The highest BCUT2D eigenvalue weighted by atomic mass is 16.4. The van der Waals surface area contributed by atoms with Crippen molar-refractivity contribution in [1.82, 2.24) is 4.90 Å². The van der Waals surface area contributed by atoms with Gasteiger partial charge in [0.05, 0.1) is 12.8 Å². The molecule has 2 saturated carbocycles. The lowest BCUT2D eigenvalue weighted by molar-refractivity contribution is 0.0692. The predicted octanol–water partition coefficient (Wildman–Crippen LogP) is 2.85. The van der Waals surface area contributed by atoms with Gasteiger partial charge in [-0.05, 0) is 50.1 Å². The number of fused-ring (bicyclic) bond motifs is 2. The third-order valence-corrected chi connectivity index (χ3v) is 4.82. The van der Waals surface area contributed by atoms with Crippen LogP contribution in [0.4, 0.5) is 0 Å². The van der Waals surface area contributed by atoms with E-state index in [1.165, 1.54) is 38.0 Å². The maximum absolute atomic E-state index is 11.0. The molecule has 3 unspecified atom stereocenters. The molecule has 1 aromatic rings. The zero-order valence-electron chi connectivity index (χ0n) is 11.3. The van der Waals surface area contributed by atoms with E-state index in [0.717, 1.165) is 24.3 Å². The predicted molar refractivity (Wildman–Crippen MR) is 70.9 cm³/mol. The molecule has 2 aliphatic rings. The molecule has 3 atom stereocenters. The first-order valence-electron chi connectivity index (χ1n) is 7.11. The van der Waals surface area contributed by atoms with E-state index in [0.29, 0.717) is 17.9 Å². The van der Waals surface area contributed by atoms with Crippen molar-refractivity contribution in [2.45, 2.75) is 32.2 Å². The number of carbonyl (C=O) groups is 1. The highest BCUT2D eigenvalue weighted by Gasteiger charge is 2.39. The van der Waals surface area contributed by atoms with Gasteiger partial charge in [0.2, 0.25) is 0 Å². The van der Waals surface area contributed by atoms with E-state index in [-0.39, 0.29) is 0 Å². The molecule has 0 aliphatic heterocycles. The van der Waals surface area contributed by atoms with E-state index < -0.39 is 5.97 Å². The van der Waals surface area contributed by atoms with Crippen LogP contribution in [0.5, 0.6) is 0 Å². The molecule has 0 radical (unpaired) electrons. The van der Waals surface area contributed by atoms with Crippen molar-refractivity contribution < 1.29 is 14.3 Å². The van der Waals surface area contributed by atoms with Gasteiger partial charge in [-0.25, -0.2) is 4.79 Å². The molecule has 1 heterocycles. The summed E-state index contributed by atoms with van der Waals surface area (Å²) in [6, 6.07) is 1.53. The zero-order chi connectivity index (χ0) is 13.4. The van der Waals surface area contributed by atoms with Gasteiger partial charge in [0.1, 0.15) is 11.3 Å². The number of hydrogen-bond acceptors (Lipinski definition) is 3. The minimum Gasteiger partial charge on any atom is -0.478 e. The highest BCUT2D eigenvalue weighted by molar-refractivity contribution is 5.88. The molecule has 2 fully saturated rings. The molecule has 1 N–H and O–H groups in total. The lowest BCUT2D eigenvalue weighted by atomic mass is 9.88. The van der Waals surface area contributed by atoms with Gasteiger partial charge < -0.3 is 9.52 Å². The Morgan fingerprint density at radius 1 is 1.47 bits per heavy atom. The van der Waals surface area contributed by atoms with Crippen LogP contribution in [0.2, 0.25) is 0 Å². The monoisotopic (exact) mass is 263 g/mol. The fourth-order valence-corrected chi connectivity index (χ4v) is 3.96. The average molecular weight is 263 g/mol. The SMILES string of the molecule is CN(Cc1occc1C(=O)O)CC1CC2CCC1C2. The number of rotatable bonds is 5. The Hall–Kier alpha value is -1.29. The number of aromatic carboxylic acids is 1. The Balaban J connectivity index is 1.58. The molecule has 0 saturated heterocycles. The number of furan rings is 1. The van der Waals surface area contributed by atoms with Crippen LogP contribution in [-0.4, -0.2) is 29.6 Å². The Labute approximate surface area is 113 Å². The standard InChI is InChI=1S/C15H21NO3/c1-16(8-12-7-10-2-3-11(12)6-10)9-14-13(15(17)18)4-5-19-14/h4-5,10-12H,2-3,6-9H2,1H3,(H,17,18). The molecule has 104 valence electrons. The van der Waals surface area contributed by atoms with Crippen molar-refractivity contribution in [3.8, 4) is 0 Å². The number of nitrogens with zero attached hydrogens (tertiary/aromatic N) is 1. The van der Waals surface area contributed by atoms with Gasteiger partial charge in [-0.3, -0.25) is 4.90 Å². The van der Waals surface area contributed by atoms with E-state index >= 15 is 0 Å². The van der Waals surface area contributed by atoms with Crippen LogP contribution in [0.25, 0.3) is 0 Å². The summed E-state index contributed by atoms with van der Waals surface area (Å²) in [7, 11) is 2.06. The lowest BCUT2D eigenvalue weighted by Gasteiger charge is -2.26. The van der Waals surface area contributed by atoms with Crippen molar-refractivity contribution in [3.63, 3.8) is 0 Å². The first kappa shape index (κ1) is 12.7. The van der Waals surface area contributed by atoms with Crippen LogP contribution >= 0.6 is 0 Å². The molecule has 4 nitrogen and oxygen atoms in total. The first-order valence-corrected chi connectivity index (χ1v) is 7.11. The number of hydrogen-bond donors (Lipinski definition) is 1. The van der Waals surface area contributed by atoms with Crippen LogP contribution in [0, 0.1) is 17.8 Å². The quantitative estimate of drug-likeness (QED) is 0.887. The van der Waals surface area contributed by atoms with E-state index in [4.69, 9.17) is 9.52 Å². The van der Waals surface area contributed by atoms with E-state index in [2.05, 4.69) is 11.9 Å². The van der Waals surface area contributed by atoms with Gasteiger partial charge in [-0.1, -0.05) is 6.42 Å². The van der Waals surface area contributed by atoms with Gasteiger partial charge in [0, 0.05) is 6.54 Å². The molecule has 3 rings (SSSR count). The highest BCUT2D eigenvalue weighted by Crippen LogP contribution is 2.48. The lowest BCUT2D eigenvalue weighted by Crippen LogP contribution is -2.28. The van der Waals surface area contributed by atoms with Gasteiger partial charge >= 0.3 is 5.97 Å². The second-order valence-electron chi connectivity index (χ2n) is 6.19. The van der Waals surface area contributed by atoms with E-state index in [1.807, 2.05) is 0 Å². The third kappa shape index (κ3) is 2.54. The molecule has 0 spiro atoms. The summed E-state index contributed by atoms with van der Waals surface area (Å²) in [5.41, 5.74) is 0.291. The van der Waals surface area contributed by atoms with Crippen molar-refractivity contribution in [1.29, 1.82) is 0 Å². The van der Waals surface area contributed by atoms with Gasteiger partial charge in [0.15, 0.2) is 0 Å². The normalized spacial score (nSPS) is 29.3. The molecule has 0 aromatic carbocycles. The van der Waals surface area contributed by atoms with Crippen molar-refractivity contribution >= 4 is 5.97 Å². The molecule has 1 aromatic heterocycles. The van der Waals surface area contributed by atoms with Crippen molar-refractivity contribution in [2.24, 2.45) is 17.8 Å². The van der Waals surface area contributed by atoms with E-state index in [1.54, 1.807) is 0 Å². The Kier molecular flexibility index (Phi) is 3.35. The first-order chi connectivity index (χ1) is 9.13. The molecule has 4 heteroatoms. The van der Waals surface area contributed by atoms with Crippen LogP contribution in [0.3, 0.4) is 0 Å². The van der Waals surface area contributed by atoms with Crippen molar-refractivity contribution in [2.75, 3.05) is 13.6 Å². The van der Waals surface area contributed by atoms with Crippen LogP contribution in [0.15, 0.2) is 16.7 Å². The Morgan fingerprint density at radius 2 is 2.32 bits per heavy atom. The number of carboxylic acid groups (broad SMARTS) is 1. The topological polar surface area (TPSA) is 53.7 Å². The summed E-state index contributed by atoms with van der Waals surface area (Å²) in [5.74, 6) is 2.33. The zero-order valence-corrected chi connectivity index (χ0v) is 11.3. The fourth-order valence-electron chi connectivity index (χ4n) is 3.96. The van der Waals surface area contributed by atoms with Gasteiger partial charge in [0.25, 0.3) is 0 Å². The summed E-state index contributed by atoms with van der Waals surface area (Å²) in [6.45, 7) is 1.64. The van der Waals surface area contributed by atoms with E-state index in [9.17, 15) is 4.79 Å². The second kappa shape index (κ2) is 5.00. The number of carboxylic acids is 1. The maximum Gasteiger partial charge on any atom is 0.339 e. The smallest absolute Gasteiger partial charge is 0.339 e. The molecular weight excluding hydrogens is 242 g/mol. The van der Waals surface area contributed by atoms with Crippen LogP contribution in [-0.2, 0) is 6.54 Å². The molecule has 0 amide bonds. The second-order valence-corrected chi connectivity index (χ2v) is 6.19. The minimum absolute atomic E-state index is 0.291.